The Hall–Kier alpha value is -0.970. The number of unbranched alkanes of at least 4 members (excludes halogenated alkanes) is 3. The van der Waals surface area contributed by atoms with Gasteiger partial charge in [0, 0.05) is 12.8 Å². The lowest BCUT2D eigenvalue weighted by atomic mass is 10.1. The minimum atomic E-state index is -0.0646. The highest BCUT2D eigenvalue weighted by atomic mass is 16.5. The molecule has 0 fully saturated rings. The van der Waals surface area contributed by atoms with Crippen LogP contribution in [0.15, 0.2) is 0 Å². The maximum atomic E-state index is 11.2. The van der Waals surface area contributed by atoms with Gasteiger partial charge in [0.2, 0.25) is 0 Å². The van der Waals surface area contributed by atoms with Gasteiger partial charge in [-0.15, -0.1) is 11.8 Å². The van der Waals surface area contributed by atoms with Crippen LogP contribution in [0.2, 0.25) is 0 Å². The summed E-state index contributed by atoms with van der Waals surface area (Å²) in [6.45, 7) is 6.47. The minimum Gasteiger partial charge on any atom is -0.465 e. The zero-order chi connectivity index (χ0) is 11.5. The molecule has 0 bridgehead atoms. The van der Waals surface area contributed by atoms with Crippen molar-refractivity contribution in [2.45, 2.75) is 52.9 Å². The number of carbonyl (C=O) groups excluding carboxylic acids is 1. The smallest absolute Gasteiger partial charge is 0.305 e. The van der Waals surface area contributed by atoms with Gasteiger partial charge in [-0.1, -0.05) is 20.3 Å². The molecule has 0 aromatic carbocycles. The summed E-state index contributed by atoms with van der Waals surface area (Å²) in [5.41, 5.74) is 0. The summed E-state index contributed by atoms with van der Waals surface area (Å²) in [5, 5.41) is 0. The van der Waals surface area contributed by atoms with E-state index < -0.39 is 0 Å². The van der Waals surface area contributed by atoms with Crippen LogP contribution in [-0.4, -0.2) is 12.6 Å². The highest BCUT2D eigenvalue weighted by Crippen LogP contribution is 2.04. The largest absolute Gasteiger partial charge is 0.465 e. The third kappa shape index (κ3) is 11.0. The van der Waals surface area contributed by atoms with E-state index in [2.05, 4.69) is 11.8 Å². The van der Waals surface area contributed by atoms with Gasteiger partial charge in [-0.2, -0.15) is 0 Å². The molecule has 0 radical (unpaired) electrons. The van der Waals surface area contributed by atoms with Crippen LogP contribution in [0, 0.1) is 17.8 Å². The average molecular weight is 210 g/mol. The van der Waals surface area contributed by atoms with E-state index in [-0.39, 0.29) is 5.97 Å². The maximum Gasteiger partial charge on any atom is 0.305 e. The molecule has 2 heteroatoms. The first-order valence-corrected chi connectivity index (χ1v) is 5.72. The van der Waals surface area contributed by atoms with Gasteiger partial charge in [-0.05, 0) is 25.7 Å². The van der Waals surface area contributed by atoms with Crippen LogP contribution >= 0.6 is 0 Å². The van der Waals surface area contributed by atoms with Crippen molar-refractivity contribution in [2.24, 2.45) is 5.92 Å². The molecule has 0 saturated carbocycles. The Morgan fingerprint density at radius 1 is 1.27 bits per heavy atom. The first kappa shape index (κ1) is 14.0. The Kier molecular flexibility index (Phi) is 8.96. The first-order valence-electron chi connectivity index (χ1n) is 5.72. The van der Waals surface area contributed by atoms with E-state index in [0.717, 1.165) is 25.7 Å². The second-order valence-electron chi connectivity index (χ2n) is 4.06. The van der Waals surface area contributed by atoms with Crippen LogP contribution in [0.3, 0.4) is 0 Å². The van der Waals surface area contributed by atoms with E-state index in [1.54, 1.807) is 0 Å². The number of esters is 1. The monoisotopic (exact) mass is 210 g/mol. The lowest BCUT2D eigenvalue weighted by Gasteiger charge is -2.06. The molecule has 0 aliphatic rings. The predicted octanol–water partition coefficient (Wildman–Crippen LogP) is 3.16. The first-order chi connectivity index (χ1) is 7.16. The summed E-state index contributed by atoms with van der Waals surface area (Å²) in [4.78, 5) is 11.2. The molecule has 2 nitrogen and oxygen atoms in total. The molecule has 15 heavy (non-hydrogen) atoms. The van der Waals surface area contributed by atoms with Crippen molar-refractivity contribution in [3.8, 4) is 11.8 Å². The van der Waals surface area contributed by atoms with Crippen molar-refractivity contribution in [1.82, 2.24) is 0 Å². The number of ether oxygens (including phenoxy) is 1. The Labute approximate surface area is 93.4 Å². The van der Waals surface area contributed by atoms with Crippen molar-refractivity contribution in [2.75, 3.05) is 6.61 Å². The molecule has 0 amide bonds. The van der Waals surface area contributed by atoms with Gasteiger partial charge in [-0.25, -0.2) is 0 Å². The molecule has 0 aliphatic heterocycles. The zero-order valence-electron chi connectivity index (χ0n) is 10.1. The van der Waals surface area contributed by atoms with Gasteiger partial charge in [0.05, 0.1) is 6.61 Å². The average Bonchev–Trinajstić information content (AvgIpc) is 2.20. The van der Waals surface area contributed by atoms with Crippen LogP contribution in [-0.2, 0) is 9.53 Å². The van der Waals surface area contributed by atoms with E-state index in [1.807, 2.05) is 20.8 Å². The fourth-order valence-corrected chi connectivity index (χ4v) is 1.12. The molecule has 0 unspecified atom stereocenters. The summed E-state index contributed by atoms with van der Waals surface area (Å²) in [6, 6.07) is 0. The molecule has 0 saturated heterocycles. The number of carbonyl (C=O) groups is 1. The molecule has 0 rings (SSSR count). The summed E-state index contributed by atoms with van der Waals surface area (Å²) >= 11 is 0. The summed E-state index contributed by atoms with van der Waals surface area (Å²) in [5.74, 6) is 6.23. The van der Waals surface area contributed by atoms with Crippen molar-refractivity contribution in [3.63, 3.8) is 0 Å². The number of hydrogen-bond acceptors (Lipinski definition) is 2. The minimum absolute atomic E-state index is 0.0646. The van der Waals surface area contributed by atoms with Gasteiger partial charge in [0.1, 0.15) is 0 Å². The molecule has 0 aliphatic carbocycles. The van der Waals surface area contributed by atoms with Crippen LogP contribution in [0.5, 0.6) is 0 Å². The molecule has 86 valence electrons. The molecule has 0 atom stereocenters. The second kappa shape index (κ2) is 9.58. The van der Waals surface area contributed by atoms with Crippen LogP contribution in [0.1, 0.15) is 52.9 Å². The molecular weight excluding hydrogens is 188 g/mol. The SMILES string of the molecule is CC#CCCCCCC(=O)OCC(C)C. The highest BCUT2D eigenvalue weighted by molar-refractivity contribution is 5.69. The van der Waals surface area contributed by atoms with Gasteiger partial charge >= 0.3 is 5.97 Å². The van der Waals surface area contributed by atoms with Crippen molar-refractivity contribution in [1.29, 1.82) is 0 Å². The Morgan fingerprint density at radius 3 is 2.60 bits per heavy atom. The standard InChI is InChI=1S/C13H22O2/c1-4-5-6-7-8-9-10-13(14)15-11-12(2)3/h12H,6-11H2,1-3H3. The quantitative estimate of drug-likeness (QED) is 0.366. The van der Waals surface area contributed by atoms with E-state index in [0.29, 0.717) is 18.9 Å². The van der Waals surface area contributed by atoms with Crippen molar-refractivity contribution >= 4 is 5.97 Å². The van der Waals surface area contributed by atoms with Gasteiger partial charge < -0.3 is 4.74 Å². The van der Waals surface area contributed by atoms with Crippen molar-refractivity contribution < 1.29 is 9.53 Å². The summed E-state index contributed by atoms with van der Waals surface area (Å²) in [7, 11) is 0. The van der Waals surface area contributed by atoms with E-state index in [4.69, 9.17) is 4.74 Å². The fraction of sp³-hybridized carbons (Fsp3) is 0.769. The Balaban J connectivity index is 3.26. The Bertz CT molecular complexity index is 220. The zero-order valence-corrected chi connectivity index (χ0v) is 10.1. The molecule has 0 heterocycles. The van der Waals surface area contributed by atoms with E-state index >= 15 is 0 Å². The molecular formula is C13H22O2. The topological polar surface area (TPSA) is 26.3 Å². The summed E-state index contributed by atoms with van der Waals surface area (Å²) in [6.07, 6.45) is 4.55. The second-order valence-corrected chi connectivity index (χ2v) is 4.06. The van der Waals surface area contributed by atoms with Crippen LogP contribution in [0.4, 0.5) is 0 Å². The maximum absolute atomic E-state index is 11.2. The fourth-order valence-electron chi connectivity index (χ4n) is 1.12. The molecule has 0 spiro atoms. The Morgan fingerprint density at radius 2 is 2.00 bits per heavy atom. The molecule has 0 aromatic heterocycles. The van der Waals surface area contributed by atoms with E-state index in [9.17, 15) is 4.79 Å². The number of hydrogen-bond donors (Lipinski definition) is 0. The predicted molar refractivity (Wildman–Crippen MR) is 62.3 cm³/mol. The van der Waals surface area contributed by atoms with Gasteiger partial charge in [0.25, 0.3) is 0 Å². The molecule has 0 aromatic rings. The lowest BCUT2D eigenvalue weighted by Crippen LogP contribution is -2.09. The highest BCUT2D eigenvalue weighted by Gasteiger charge is 2.03. The van der Waals surface area contributed by atoms with Gasteiger partial charge in [0.15, 0.2) is 0 Å². The summed E-state index contributed by atoms with van der Waals surface area (Å²) < 4.78 is 5.06. The third-order valence-electron chi connectivity index (χ3n) is 1.94. The van der Waals surface area contributed by atoms with Gasteiger partial charge in [-0.3, -0.25) is 4.79 Å². The van der Waals surface area contributed by atoms with Crippen molar-refractivity contribution in [3.05, 3.63) is 0 Å². The van der Waals surface area contributed by atoms with Crippen LogP contribution in [0.25, 0.3) is 0 Å². The number of rotatable bonds is 7. The lowest BCUT2D eigenvalue weighted by molar-refractivity contribution is -0.144. The third-order valence-corrected chi connectivity index (χ3v) is 1.94. The van der Waals surface area contributed by atoms with E-state index in [1.165, 1.54) is 0 Å². The normalized spacial score (nSPS) is 9.60. The van der Waals surface area contributed by atoms with Crippen LogP contribution < -0.4 is 0 Å². The molecule has 0 N–H and O–H groups in total.